The van der Waals surface area contributed by atoms with Gasteiger partial charge in [-0.2, -0.15) is 0 Å². The predicted molar refractivity (Wildman–Crippen MR) is 92.2 cm³/mol. The van der Waals surface area contributed by atoms with Gasteiger partial charge in [0, 0.05) is 17.2 Å². The van der Waals surface area contributed by atoms with Crippen molar-refractivity contribution < 1.29 is 4.79 Å². The molecule has 1 aromatic heterocycles. The van der Waals surface area contributed by atoms with Crippen LogP contribution in [-0.2, 0) is 4.79 Å². The molecule has 0 spiro atoms. The highest BCUT2D eigenvalue weighted by Gasteiger charge is 2.13. The number of nitrogens with two attached hydrogens (primary N) is 1. The van der Waals surface area contributed by atoms with Crippen molar-refractivity contribution in [1.29, 1.82) is 0 Å². The van der Waals surface area contributed by atoms with Crippen molar-refractivity contribution in [2.24, 2.45) is 5.73 Å². The summed E-state index contributed by atoms with van der Waals surface area (Å²) in [7, 11) is 0. The average Bonchev–Trinajstić information content (AvgIpc) is 2.47. The molecule has 0 atom stereocenters. The zero-order chi connectivity index (χ0) is 16.3. The van der Waals surface area contributed by atoms with Crippen LogP contribution in [0.1, 0.15) is 11.4 Å². The molecule has 114 valence electrons. The third-order valence-electron chi connectivity index (χ3n) is 2.82. The summed E-state index contributed by atoms with van der Waals surface area (Å²) in [5.74, 6) is 0.0920. The predicted octanol–water partition coefficient (Wildman–Crippen LogP) is 3.98. The molecule has 0 saturated heterocycles. The number of thioether (sulfide) groups is 1. The van der Waals surface area contributed by atoms with Crippen LogP contribution >= 0.6 is 35.0 Å². The number of amides is 1. The topological polar surface area (TPSA) is 68.9 Å². The number of carbonyl (C=O) groups excluding carboxylic acids is 1. The summed E-state index contributed by atoms with van der Waals surface area (Å²) in [6.07, 6.45) is 4.81. The number of nitrogens with zero attached hydrogens (tertiary/aromatic N) is 2. The number of carbonyl (C=O) groups is 1. The van der Waals surface area contributed by atoms with Crippen LogP contribution in [0.25, 0.3) is 17.3 Å². The second-order valence-electron chi connectivity index (χ2n) is 4.41. The number of benzene rings is 1. The molecule has 0 aliphatic carbocycles. The van der Waals surface area contributed by atoms with Gasteiger partial charge in [-0.05, 0) is 31.4 Å². The van der Waals surface area contributed by atoms with Crippen LogP contribution < -0.4 is 5.73 Å². The van der Waals surface area contributed by atoms with Gasteiger partial charge < -0.3 is 5.73 Å². The number of rotatable bonds is 4. The molecule has 7 heteroatoms. The van der Waals surface area contributed by atoms with Gasteiger partial charge in [-0.1, -0.05) is 29.3 Å². The van der Waals surface area contributed by atoms with Crippen molar-refractivity contribution in [3.05, 3.63) is 45.7 Å². The third kappa shape index (κ3) is 3.80. The minimum atomic E-state index is -0.535. The summed E-state index contributed by atoms with van der Waals surface area (Å²) in [6, 6.07) is 5.26. The van der Waals surface area contributed by atoms with Gasteiger partial charge >= 0.3 is 0 Å². The Bertz CT molecular complexity index is 763. The van der Waals surface area contributed by atoms with Crippen LogP contribution in [0, 0.1) is 6.92 Å². The first kappa shape index (κ1) is 16.8. The molecule has 0 fully saturated rings. The normalized spacial score (nSPS) is 11.1. The molecule has 1 heterocycles. The molecule has 0 bridgehead atoms. The minimum absolute atomic E-state index is 0.436. The molecule has 0 radical (unpaired) electrons. The number of aromatic nitrogens is 2. The summed E-state index contributed by atoms with van der Waals surface area (Å²) in [6.45, 7) is 1.81. The average molecular weight is 354 g/mol. The summed E-state index contributed by atoms with van der Waals surface area (Å²) in [5.41, 5.74) is 7.37. The van der Waals surface area contributed by atoms with Crippen molar-refractivity contribution >= 4 is 46.9 Å². The first-order chi connectivity index (χ1) is 10.4. The third-order valence-corrected chi connectivity index (χ3v) is 4.26. The van der Waals surface area contributed by atoms with E-state index in [1.807, 2.05) is 19.2 Å². The highest BCUT2D eigenvalue weighted by Crippen LogP contribution is 2.33. The summed E-state index contributed by atoms with van der Waals surface area (Å²) >= 11 is 13.5. The standard InChI is InChI=1S/C15H13Cl2N3OS/c1-8-19-14(9-3-5-11(16)12(17)7-9)10(4-6-13(18)21)15(20-8)22-2/h3-7H,1-2H3,(H2,18,21)/b6-4+. The van der Waals surface area contributed by atoms with E-state index >= 15 is 0 Å². The smallest absolute Gasteiger partial charge is 0.241 e. The van der Waals surface area contributed by atoms with Gasteiger partial charge in [0.2, 0.25) is 5.91 Å². The zero-order valence-corrected chi connectivity index (χ0v) is 14.3. The molecule has 4 nitrogen and oxygen atoms in total. The molecule has 22 heavy (non-hydrogen) atoms. The molecule has 0 aliphatic rings. The van der Waals surface area contributed by atoms with Gasteiger partial charge in [0.1, 0.15) is 10.9 Å². The van der Waals surface area contributed by atoms with Crippen molar-refractivity contribution in [2.75, 3.05) is 6.26 Å². The van der Waals surface area contributed by atoms with Crippen molar-refractivity contribution in [3.8, 4) is 11.3 Å². The van der Waals surface area contributed by atoms with Gasteiger partial charge in [0.25, 0.3) is 0 Å². The molecular weight excluding hydrogens is 341 g/mol. The van der Waals surface area contributed by atoms with Crippen LogP contribution in [0.3, 0.4) is 0 Å². The van der Waals surface area contributed by atoms with E-state index in [0.29, 0.717) is 21.6 Å². The Kier molecular flexibility index (Phi) is 5.45. The molecular formula is C15H13Cl2N3OS. The fourth-order valence-electron chi connectivity index (χ4n) is 1.89. The summed E-state index contributed by atoms with van der Waals surface area (Å²) in [4.78, 5) is 19.9. The molecule has 0 saturated carbocycles. The maximum atomic E-state index is 11.0. The molecule has 1 amide bonds. The van der Waals surface area contributed by atoms with E-state index in [9.17, 15) is 4.79 Å². The van der Waals surface area contributed by atoms with E-state index in [1.54, 1.807) is 18.2 Å². The van der Waals surface area contributed by atoms with Gasteiger partial charge in [-0.3, -0.25) is 4.79 Å². The van der Waals surface area contributed by atoms with Crippen molar-refractivity contribution in [3.63, 3.8) is 0 Å². The van der Waals surface area contributed by atoms with Gasteiger partial charge in [-0.15, -0.1) is 11.8 Å². The fraction of sp³-hybridized carbons (Fsp3) is 0.133. The molecule has 2 rings (SSSR count). The Morgan fingerprint density at radius 3 is 2.59 bits per heavy atom. The molecule has 2 aromatic rings. The Morgan fingerprint density at radius 1 is 1.27 bits per heavy atom. The van der Waals surface area contributed by atoms with E-state index in [-0.39, 0.29) is 0 Å². The molecule has 2 N–H and O–H groups in total. The zero-order valence-electron chi connectivity index (χ0n) is 11.9. The van der Waals surface area contributed by atoms with Crippen molar-refractivity contribution in [1.82, 2.24) is 9.97 Å². The number of hydrogen-bond donors (Lipinski definition) is 1. The van der Waals surface area contributed by atoms with Gasteiger partial charge in [-0.25, -0.2) is 9.97 Å². The monoisotopic (exact) mass is 353 g/mol. The Balaban J connectivity index is 2.69. The van der Waals surface area contributed by atoms with Gasteiger partial charge in [0.15, 0.2) is 0 Å². The molecule has 1 aromatic carbocycles. The van der Waals surface area contributed by atoms with Crippen LogP contribution in [0.15, 0.2) is 29.3 Å². The number of halogens is 2. The maximum Gasteiger partial charge on any atom is 0.241 e. The first-order valence-corrected chi connectivity index (χ1v) is 8.26. The van der Waals surface area contributed by atoms with E-state index in [4.69, 9.17) is 28.9 Å². The van der Waals surface area contributed by atoms with E-state index in [1.165, 1.54) is 17.8 Å². The lowest BCUT2D eigenvalue weighted by Gasteiger charge is -2.11. The number of primary amides is 1. The summed E-state index contributed by atoms with van der Waals surface area (Å²) < 4.78 is 0. The Hall–Kier alpha value is -1.56. The molecule has 0 unspecified atom stereocenters. The van der Waals surface area contributed by atoms with Crippen LogP contribution in [0.5, 0.6) is 0 Å². The second kappa shape index (κ2) is 7.13. The maximum absolute atomic E-state index is 11.0. The number of aryl methyl sites for hydroxylation is 1. The lowest BCUT2D eigenvalue weighted by Crippen LogP contribution is -2.06. The highest BCUT2D eigenvalue weighted by atomic mass is 35.5. The second-order valence-corrected chi connectivity index (χ2v) is 6.02. The quantitative estimate of drug-likeness (QED) is 0.512. The van der Waals surface area contributed by atoms with E-state index in [2.05, 4.69) is 9.97 Å². The van der Waals surface area contributed by atoms with E-state index in [0.717, 1.165) is 16.2 Å². The largest absolute Gasteiger partial charge is 0.366 e. The van der Waals surface area contributed by atoms with Crippen LogP contribution in [0.2, 0.25) is 10.0 Å². The Labute approximate surface area is 142 Å². The molecule has 0 aliphatic heterocycles. The lowest BCUT2D eigenvalue weighted by atomic mass is 10.1. The number of hydrogen-bond acceptors (Lipinski definition) is 4. The van der Waals surface area contributed by atoms with Crippen LogP contribution in [0.4, 0.5) is 0 Å². The highest BCUT2D eigenvalue weighted by molar-refractivity contribution is 7.98. The summed E-state index contributed by atoms with van der Waals surface area (Å²) in [5, 5.41) is 1.66. The Morgan fingerprint density at radius 2 is 2.00 bits per heavy atom. The van der Waals surface area contributed by atoms with E-state index < -0.39 is 5.91 Å². The SMILES string of the molecule is CSc1nc(C)nc(-c2ccc(Cl)c(Cl)c2)c1/C=C/C(N)=O. The van der Waals surface area contributed by atoms with Crippen molar-refractivity contribution in [2.45, 2.75) is 11.9 Å². The lowest BCUT2D eigenvalue weighted by molar-refractivity contribution is -0.113. The van der Waals surface area contributed by atoms with Crippen LogP contribution in [-0.4, -0.2) is 22.1 Å². The van der Waals surface area contributed by atoms with Gasteiger partial charge in [0.05, 0.1) is 15.7 Å². The first-order valence-electron chi connectivity index (χ1n) is 6.28. The minimum Gasteiger partial charge on any atom is -0.366 e. The fourth-order valence-corrected chi connectivity index (χ4v) is 2.80.